The Bertz CT molecular complexity index is 1120. The highest BCUT2D eigenvalue weighted by Gasteiger charge is 2.41. The van der Waals surface area contributed by atoms with Crippen LogP contribution >= 0.6 is 0 Å². The maximum Gasteiger partial charge on any atom is 0.262 e. The first kappa shape index (κ1) is 19.5. The molecule has 0 radical (unpaired) electrons. The fourth-order valence-electron chi connectivity index (χ4n) is 3.60. The summed E-state index contributed by atoms with van der Waals surface area (Å²) in [6, 6.07) is 12.8. The molecule has 1 aliphatic heterocycles. The Balaban J connectivity index is 1.65. The molecule has 1 N–H and O–H groups in total. The predicted octanol–water partition coefficient (Wildman–Crippen LogP) is 2.97. The third-order valence-corrected chi connectivity index (χ3v) is 6.79. The normalized spacial score (nSPS) is 20.1. The molecule has 0 unspecified atom stereocenters. The Morgan fingerprint density at radius 3 is 2.48 bits per heavy atom. The summed E-state index contributed by atoms with van der Waals surface area (Å²) in [5.41, 5.74) is 1.36. The number of nitrogens with zero attached hydrogens (tertiary/aromatic N) is 3. The van der Waals surface area contributed by atoms with E-state index >= 15 is 0 Å². The lowest BCUT2D eigenvalue weighted by atomic mass is 9.94. The Morgan fingerprint density at radius 2 is 1.83 bits per heavy atom. The summed E-state index contributed by atoms with van der Waals surface area (Å²) in [5, 5.41) is 3.16. The van der Waals surface area contributed by atoms with Crippen LogP contribution in [-0.2, 0) is 17.1 Å². The van der Waals surface area contributed by atoms with E-state index in [1.54, 1.807) is 11.6 Å². The number of hydrogen-bond donors (Lipinski definition) is 1. The number of hydrogen-bond acceptors (Lipinski definition) is 4. The highest BCUT2D eigenvalue weighted by atomic mass is 32.2. The molecule has 1 aromatic heterocycles. The monoisotopic (exact) mass is 418 g/mol. The molecule has 0 amide bonds. The van der Waals surface area contributed by atoms with Crippen LogP contribution in [-0.4, -0.2) is 41.4 Å². The van der Waals surface area contributed by atoms with Gasteiger partial charge in [-0.05, 0) is 17.7 Å². The molecule has 1 saturated heterocycles. The molecule has 1 fully saturated rings. The molecule has 152 valence electrons. The van der Waals surface area contributed by atoms with Crippen molar-refractivity contribution in [3.05, 3.63) is 78.3 Å². The summed E-state index contributed by atoms with van der Waals surface area (Å²) in [7, 11) is -2.07. The van der Waals surface area contributed by atoms with Gasteiger partial charge >= 0.3 is 0 Å². The lowest BCUT2D eigenvalue weighted by Crippen LogP contribution is -2.32. The SMILES string of the molecule is Cn1cnc(S(=O)(=O)N2C[C@@H](Nc3ccc(F)c(F)c3)[C@H](c3ccccc3)C2)c1. The van der Waals surface area contributed by atoms with Crippen LogP contribution in [0.25, 0.3) is 0 Å². The number of nitrogens with one attached hydrogen (secondary N) is 1. The molecule has 0 spiro atoms. The van der Waals surface area contributed by atoms with E-state index in [0.717, 1.165) is 17.7 Å². The molecule has 1 aliphatic rings. The summed E-state index contributed by atoms with van der Waals surface area (Å²) in [6.45, 7) is 0.432. The Hall–Kier alpha value is -2.78. The van der Waals surface area contributed by atoms with E-state index in [0.29, 0.717) is 5.69 Å². The van der Waals surface area contributed by atoms with Crippen LogP contribution in [0, 0.1) is 11.6 Å². The number of aromatic nitrogens is 2. The van der Waals surface area contributed by atoms with Gasteiger partial charge in [-0.15, -0.1) is 0 Å². The lowest BCUT2D eigenvalue weighted by molar-refractivity contribution is 0.468. The number of aryl methyl sites for hydroxylation is 1. The second-order valence-corrected chi connectivity index (χ2v) is 8.98. The molecule has 6 nitrogen and oxygen atoms in total. The lowest BCUT2D eigenvalue weighted by Gasteiger charge is -2.21. The van der Waals surface area contributed by atoms with E-state index in [4.69, 9.17) is 0 Å². The largest absolute Gasteiger partial charge is 0.380 e. The van der Waals surface area contributed by atoms with Crippen molar-refractivity contribution in [2.45, 2.75) is 17.0 Å². The summed E-state index contributed by atoms with van der Waals surface area (Å²) in [5.74, 6) is -2.05. The summed E-state index contributed by atoms with van der Waals surface area (Å²) >= 11 is 0. The van der Waals surface area contributed by atoms with Gasteiger partial charge in [-0.3, -0.25) is 0 Å². The zero-order valence-electron chi connectivity index (χ0n) is 15.7. The Kier molecular flexibility index (Phi) is 5.10. The second-order valence-electron chi connectivity index (χ2n) is 7.10. The highest BCUT2D eigenvalue weighted by Crippen LogP contribution is 2.33. The minimum absolute atomic E-state index is 0.0136. The molecule has 2 heterocycles. The van der Waals surface area contributed by atoms with Gasteiger partial charge in [-0.25, -0.2) is 22.2 Å². The van der Waals surface area contributed by atoms with Gasteiger partial charge in [0.1, 0.15) is 0 Å². The van der Waals surface area contributed by atoms with E-state index < -0.39 is 21.7 Å². The first-order chi connectivity index (χ1) is 13.8. The van der Waals surface area contributed by atoms with Gasteiger partial charge in [0.2, 0.25) is 0 Å². The van der Waals surface area contributed by atoms with Gasteiger partial charge in [0, 0.05) is 50.0 Å². The molecule has 0 aliphatic carbocycles. The van der Waals surface area contributed by atoms with Crippen LogP contribution < -0.4 is 5.32 Å². The number of benzene rings is 2. The molecule has 29 heavy (non-hydrogen) atoms. The Labute approximate surface area is 167 Å². The molecule has 0 saturated carbocycles. The summed E-state index contributed by atoms with van der Waals surface area (Å²) in [4.78, 5) is 3.98. The minimum Gasteiger partial charge on any atom is -0.380 e. The minimum atomic E-state index is -3.77. The van der Waals surface area contributed by atoms with Gasteiger partial charge in [-0.1, -0.05) is 30.3 Å². The molecular formula is C20H20F2N4O2S. The predicted molar refractivity (Wildman–Crippen MR) is 105 cm³/mol. The number of imidazole rings is 1. The molecule has 4 rings (SSSR count). The zero-order valence-corrected chi connectivity index (χ0v) is 16.5. The number of rotatable bonds is 5. The maximum atomic E-state index is 13.6. The molecular weight excluding hydrogens is 398 g/mol. The average Bonchev–Trinajstić information content (AvgIpc) is 3.33. The number of sulfonamides is 1. The standard InChI is InChI=1S/C20H20F2N4O2S/c1-25-12-20(23-13-25)29(27,28)26-10-16(14-5-3-2-4-6-14)19(11-26)24-15-7-8-17(21)18(22)9-15/h2-9,12-13,16,19,24H,10-11H2,1H3/t16-,19+/m0/s1. The smallest absolute Gasteiger partial charge is 0.262 e. The van der Waals surface area contributed by atoms with E-state index in [1.165, 1.54) is 22.9 Å². The molecule has 9 heteroatoms. The van der Waals surface area contributed by atoms with Crippen LogP contribution in [0.15, 0.2) is 66.1 Å². The van der Waals surface area contributed by atoms with Gasteiger partial charge < -0.3 is 9.88 Å². The third kappa shape index (κ3) is 3.88. The average molecular weight is 418 g/mol. The van der Waals surface area contributed by atoms with Crippen molar-refractivity contribution >= 4 is 15.7 Å². The maximum absolute atomic E-state index is 13.6. The molecule has 2 aromatic carbocycles. The van der Waals surface area contributed by atoms with Crippen LogP contribution in [0.4, 0.5) is 14.5 Å². The van der Waals surface area contributed by atoms with Crippen molar-refractivity contribution in [3.63, 3.8) is 0 Å². The van der Waals surface area contributed by atoms with E-state index in [-0.39, 0.29) is 30.1 Å². The molecule has 3 aromatic rings. The van der Waals surface area contributed by atoms with E-state index in [2.05, 4.69) is 10.3 Å². The van der Waals surface area contributed by atoms with Gasteiger partial charge in [0.25, 0.3) is 10.0 Å². The van der Waals surface area contributed by atoms with Crippen LogP contribution in [0.3, 0.4) is 0 Å². The highest BCUT2D eigenvalue weighted by molar-refractivity contribution is 7.89. The quantitative estimate of drug-likeness (QED) is 0.692. The second kappa shape index (κ2) is 7.57. The van der Waals surface area contributed by atoms with E-state index in [9.17, 15) is 17.2 Å². The fraction of sp³-hybridized carbons (Fsp3) is 0.250. The van der Waals surface area contributed by atoms with Gasteiger partial charge in [0.15, 0.2) is 16.7 Å². The van der Waals surface area contributed by atoms with Crippen molar-refractivity contribution in [2.75, 3.05) is 18.4 Å². The molecule has 2 atom stereocenters. The summed E-state index contributed by atoms with van der Waals surface area (Å²) in [6.07, 6.45) is 2.90. The van der Waals surface area contributed by atoms with Gasteiger partial charge in [0.05, 0.1) is 6.33 Å². The van der Waals surface area contributed by atoms with Gasteiger partial charge in [-0.2, -0.15) is 4.31 Å². The van der Waals surface area contributed by atoms with Crippen LogP contribution in [0.1, 0.15) is 11.5 Å². The first-order valence-corrected chi connectivity index (χ1v) is 10.5. The topological polar surface area (TPSA) is 67.2 Å². The van der Waals surface area contributed by atoms with Crippen molar-refractivity contribution in [1.29, 1.82) is 0 Å². The van der Waals surface area contributed by atoms with Crippen molar-refractivity contribution in [2.24, 2.45) is 7.05 Å². The number of halogens is 2. The van der Waals surface area contributed by atoms with Crippen LogP contribution in [0.5, 0.6) is 0 Å². The van der Waals surface area contributed by atoms with Crippen molar-refractivity contribution in [1.82, 2.24) is 13.9 Å². The summed E-state index contributed by atoms with van der Waals surface area (Å²) < 4.78 is 55.9. The Morgan fingerprint density at radius 1 is 1.07 bits per heavy atom. The third-order valence-electron chi connectivity index (χ3n) is 5.07. The fourth-order valence-corrected chi connectivity index (χ4v) is 5.06. The van der Waals surface area contributed by atoms with Crippen molar-refractivity contribution < 1.29 is 17.2 Å². The van der Waals surface area contributed by atoms with Crippen LogP contribution in [0.2, 0.25) is 0 Å². The number of anilines is 1. The van der Waals surface area contributed by atoms with E-state index in [1.807, 2.05) is 30.3 Å². The molecule has 0 bridgehead atoms. The zero-order chi connectivity index (χ0) is 20.6. The van der Waals surface area contributed by atoms with Crippen molar-refractivity contribution in [3.8, 4) is 0 Å². The first-order valence-electron chi connectivity index (χ1n) is 9.09.